The van der Waals surface area contributed by atoms with Gasteiger partial charge < -0.3 is 10.1 Å². The average Bonchev–Trinajstić information content (AvgIpc) is 3.21. The Kier molecular flexibility index (Phi) is 5.99. The molecule has 1 fully saturated rings. The number of halogens is 3. The second-order valence-corrected chi connectivity index (χ2v) is 8.10. The second-order valence-electron chi connectivity index (χ2n) is 8.10. The molecule has 1 amide bonds. The van der Waals surface area contributed by atoms with Crippen molar-refractivity contribution < 1.29 is 22.8 Å². The number of aldehydes is 1. The van der Waals surface area contributed by atoms with E-state index in [0.717, 1.165) is 60.6 Å². The van der Waals surface area contributed by atoms with Crippen LogP contribution >= 0.6 is 0 Å². The fourth-order valence-electron chi connectivity index (χ4n) is 4.14. The van der Waals surface area contributed by atoms with Crippen LogP contribution in [0, 0.1) is 5.92 Å². The zero-order valence-corrected chi connectivity index (χ0v) is 17.5. The van der Waals surface area contributed by atoms with Gasteiger partial charge in [0, 0.05) is 23.2 Å². The summed E-state index contributed by atoms with van der Waals surface area (Å²) in [6.07, 6.45) is 2.37. The predicted octanol–water partition coefficient (Wildman–Crippen LogP) is 5.20. The van der Waals surface area contributed by atoms with Crippen LogP contribution in [0.2, 0.25) is 0 Å². The number of amides is 1. The van der Waals surface area contributed by atoms with Gasteiger partial charge in [0.2, 0.25) is 0 Å². The maximum atomic E-state index is 12.9. The number of rotatable bonds is 5. The van der Waals surface area contributed by atoms with E-state index in [1.807, 2.05) is 23.9 Å². The molecule has 2 aromatic heterocycles. The normalized spacial score (nSPS) is 19.1. The van der Waals surface area contributed by atoms with E-state index in [9.17, 15) is 22.8 Å². The van der Waals surface area contributed by atoms with Crippen LogP contribution in [-0.2, 0) is 17.4 Å². The molecule has 3 aromatic rings. The molecule has 32 heavy (non-hydrogen) atoms. The van der Waals surface area contributed by atoms with Crippen LogP contribution in [-0.4, -0.2) is 27.0 Å². The van der Waals surface area contributed by atoms with Crippen LogP contribution in [0.4, 0.5) is 18.9 Å². The van der Waals surface area contributed by atoms with E-state index in [0.29, 0.717) is 12.1 Å². The summed E-state index contributed by atoms with van der Waals surface area (Å²) < 4.78 is 40.7. The highest BCUT2D eigenvalue weighted by atomic mass is 19.4. The molecule has 0 aliphatic heterocycles. The van der Waals surface area contributed by atoms with E-state index in [4.69, 9.17) is 5.10 Å². The van der Waals surface area contributed by atoms with Crippen molar-refractivity contribution in [1.82, 2.24) is 14.8 Å². The fraction of sp³-hybridized carbons (Fsp3) is 0.391. The Hall–Kier alpha value is -3.23. The molecule has 0 unspecified atom stereocenters. The van der Waals surface area contributed by atoms with Crippen molar-refractivity contribution in [1.29, 1.82) is 0 Å². The van der Waals surface area contributed by atoms with Gasteiger partial charge in [-0.2, -0.15) is 18.3 Å². The lowest BCUT2D eigenvalue weighted by atomic mass is 9.87. The molecule has 1 aromatic carbocycles. The highest BCUT2D eigenvalue weighted by Crippen LogP contribution is 2.33. The van der Waals surface area contributed by atoms with Crippen molar-refractivity contribution in [3.8, 4) is 0 Å². The van der Waals surface area contributed by atoms with E-state index >= 15 is 0 Å². The molecular formula is C23H23F3N4O2. The predicted molar refractivity (Wildman–Crippen MR) is 113 cm³/mol. The number of benzene rings is 1. The van der Waals surface area contributed by atoms with Gasteiger partial charge in [-0.05, 0) is 61.9 Å². The Morgan fingerprint density at radius 3 is 2.62 bits per heavy atom. The van der Waals surface area contributed by atoms with Crippen molar-refractivity contribution in [2.45, 2.75) is 51.2 Å². The number of alkyl halides is 3. The largest absolute Gasteiger partial charge is 0.433 e. The standard InChI is InChI=1S/C23H23F3N4O2/c1-2-15-10-20-16(12-30(29-20)17-8-6-14(13-31)7-9-17)11-19(15)28-22(32)18-4-3-5-21(27-18)23(24,25)26/h3-5,10-14,17H,2,6-9H2,1H3,(H,28,32). The zero-order valence-electron chi connectivity index (χ0n) is 17.5. The fourth-order valence-corrected chi connectivity index (χ4v) is 4.14. The SMILES string of the molecule is CCc1cc2nn(C3CCC(C=O)CC3)cc2cc1NC(=O)c1cccc(C(F)(F)F)n1. The Balaban J connectivity index is 1.59. The molecule has 2 heterocycles. The zero-order chi connectivity index (χ0) is 22.9. The average molecular weight is 444 g/mol. The number of carbonyl (C=O) groups excluding carboxylic acids is 2. The number of nitrogens with one attached hydrogen (secondary N) is 1. The van der Waals surface area contributed by atoms with Crippen LogP contribution in [0.3, 0.4) is 0 Å². The number of aryl methyl sites for hydroxylation is 1. The highest BCUT2D eigenvalue weighted by molar-refractivity contribution is 6.04. The van der Waals surface area contributed by atoms with Crippen molar-refractivity contribution in [3.63, 3.8) is 0 Å². The second kappa shape index (κ2) is 8.72. The number of hydrogen-bond acceptors (Lipinski definition) is 4. The summed E-state index contributed by atoms with van der Waals surface area (Å²) in [5, 5.41) is 8.22. The third kappa shape index (κ3) is 4.51. The van der Waals surface area contributed by atoms with E-state index in [2.05, 4.69) is 10.3 Å². The number of fused-ring (bicyclic) bond motifs is 1. The molecule has 1 aliphatic rings. The number of nitrogens with zero attached hydrogens (tertiary/aromatic N) is 3. The molecule has 0 saturated heterocycles. The summed E-state index contributed by atoms with van der Waals surface area (Å²) in [5.41, 5.74) is 0.724. The molecule has 4 rings (SSSR count). The number of pyridine rings is 1. The number of hydrogen-bond donors (Lipinski definition) is 1. The first-order valence-electron chi connectivity index (χ1n) is 10.6. The van der Waals surface area contributed by atoms with E-state index in [1.54, 1.807) is 6.07 Å². The van der Waals surface area contributed by atoms with Crippen molar-refractivity contribution >= 4 is 28.8 Å². The minimum Gasteiger partial charge on any atom is -0.320 e. The third-order valence-corrected chi connectivity index (χ3v) is 5.96. The number of anilines is 1. The summed E-state index contributed by atoms with van der Waals surface area (Å²) >= 11 is 0. The van der Waals surface area contributed by atoms with Crippen LogP contribution in [0.25, 0.3) is 10.9 Å². The lowest BCUT2D eigenvalue weighted by Gasteiger charge is -2.25. The Morgan fingerprint density at radius 2 is 1.97 bits per heavy atom. The maximum Gasteiger partial charge on any atom is 0.433 e. The van der Waals surface area contributed by atoms with E-state index in [1.165, 1.54) is 6.07 Å². The first kappa shape index (κ1) is 22.0. The summed E-state index contributed by atoms with van der Waals surface area (Å²) in [4.78, 5) is 27.1. The van der Waals surface area contributed by atoms with Gasteiger partial charge in [0.15, 0.2) is 0 Å². The van der Waals surface area contributed by atoms with Crippen LogP contribution < -0.4 is 5.32 Å². The molecule has 0 atom stereocenters. The lowest BCUT2D eigenvalue weighted by molar-refractivity contribution is -0.141. The van der Waals surface area contributed by atoms with Gasteiger partial charge in [0.25, 0.3) is 5.91 Å². The maximum absolute atomic E-state index is 12.9. The first-order chi connectivity index (χ1) is 15.3. The van der Waals surface area contributed by atoms with Crippen LogP contribution in [0.1, 0.15) is 60.4 Å². The minimum absolute atomic E-state index is 0.120. The van der Waals surface area contributed by atoms with Gasteiger partial charge in [-0.1, -0.05) is 13.0 Å². The van der Waals surface area contributed by atoms with Crippen LogP contribution in [0.5, 0.6) is 0 Å². The van der Waals surface area contributed by atoms with E-state index < -0.39 is 17.8 Å². The van der Waals surface area contributed by atoms with Crippen molar-refractivity contribution in [2.75, 3.05) is 5.32 Å². The highest BCUT2D eigenvalue weighted by Gasteiger charge is 2.33. The number of carbonyl (C=O) groups is 2. The summed E-state index contributed by atoms with van der Waals surface area (Å²) in [5.74, 6) is -0.584. The molecule has 1 saturated carbocycles. The summed E-state index contributed by atoms with van der Waals surface area (Å²) in [6, 6.07) is 7.15. The molecule has 1 aliphatic carbocycles. The van der Waals surface area contributed by atoms with Crippen LogP contribution in [0.15, 0.2) is 36.5 Å². The van der Waals surface area contributed by atoms with Gasteiger partial charge >= 0.3 is 6.18 Å². The van der Waals surface area contributed by atoms with Crippen molar-refractivity contribution in [3.05, 3.63) is 53.5 Å². The smallest absolute Gasteiger partial charge is 0.320 e. The molecule has 9 heteroatoms. The molecule has 6 nitrogen and oxygen atoms in total. The summed E-state index contributed by atoms with van der Waals surface area (Å²) in [6.45, 7) is 1.93. The molecular weight excluding hydrogens is 421 g/mol. The number of aromatic nitrogens is 3. The Morgan fingerprint density at radius 1 is 1.22 bits per heavy atom. The summed E-state index contributed by atoms with van der Waals surface area (Å²) in [7, 11) is 0. The van der Waals surface area contributed by atoms with Crippen molar-refractivity contribution in [2.24, 2.45) is 5.92 Å². The molecule has 0 bridgehead atoms. The lowest BCUT2D eigenvalue weighted by Crippen LogP contribution is -2.19. The van der Waals surface area contributed by atoms with E-state index in [-0.39, 0.29) is 17.7 Å². The first-order valence-corrected chi connectivity index (χ1v) is 10.6. The van der Waals surface area contributed by atoms with Gasteiger partial charge in [-0.25, -0.2) is 4.98 Å². The minimum atomic E-state index is -4.62. The molecule has 0 spiro atoms. The van der Waals surface area contributed by atoms with Gasteiger partial charge in [-0.15, -0.1) is 0 Å². The van der Waals surface area contributed by atoms with Gasteiger partial charge in [0.1, 0.15) is 17.7 Å². The van der Waals surface area contributed by atoms with Gasteiger partial charge in [-0.3, -0.25) is 9.48 Å². The quantitative estimate of drug-likeness (QED) is 0.549. The Bertz CT molecular complexity index is 1150. The molecule has 0 radical (unpaired) electrons. The Labute approximate surface area is 182 Å². The third-order valence-electron chi connectivity index (χ3n) is 5.96. The monoisotopic (exact) mass is 444 g/mol. The topological polar surface area (TPSA) is 76.9 Å². The molecule has 168 valence electrons. The van der Waals surface area contributed by atoms with Gasteiger partial charge in [0.05, 0.1) is 11.6 Å². The molecule has 1 N–H and O–H groups in total.